The monoisotopic (exact) mass is 225 g/mol. The smallest absolute Gasteiger partial charge is 0.236 e. The van der Waals surface area contributed by atoms with E-state index in [1.807, 2.05) is 18.0 Å². The van der Waals surface area contributed by atoms with Crippen LogP contribution in [0.25, 0.3) is 0 Å². The zero-order valence-electron chi connectivity index (χ0n) is 10.2. The summed E-state index contributed by atoms with van der Waals surface area (Å²) in [5.74, 6) is 0.228. The summed E-state index contributed by atoms with van der Waals surface area (Å²) in [6.07, 6.45) is 3.88. The molecule has 1 aliphatic rings. The van der Waals surface area contributed by atoms with Crippen LogP contribution in [0.5, 0.6) is 0 Å². The average Bonchev–Trinajstić information content (AvgIpc) is 2.30. The number of carbonyl (C=O) groups excluding carboxylic acids is 1. The lowest BCUT2D eigenvalue weighted by molar-refractivity contribution is -0.131. The first-order chi connectivity index (χ1) is 7.74. The minimum absolute atomic E-state index is 0.228. The van der Waals surface area contributed by atoms with Crippen molar-refractivity contribution in [2.75, 3.05) is 46.3 Å². The lowest BCUT2D eigenvalue weighted by Crippen LogP contribution is -2.47. The second-order valence-electron chi connectivity index (χ2n) is 4.27. The fourth-order valence-electron chi connectivity index (χ4n) is 1.78. The van der Waals surface area contributed by atoms with Crippen molar-refractivity contribution in [2.45, 2.75) is 12.8 Å². The van der Waals surface area contributed by atoms with E-state index in [-0.39, 0.29) is 5.91 Å². The van der Waals surface area contributed by atoms with E-state index in [2.05, 4.69) is 16.8 Å². The first-order valence-electron chi connectivity index (χ1n) is 6.02. The molecule has 0 radical (unpaired) electrons. The zero-order valence-corrected chi connectivity index (χ0v) is 10.2. The van der Waals surface area contributed by atoms with Gasteiger partial charge in [0.05, 0.1) is 6.54 Å². The van der Waals surface area contributed by atoms with Gasteiger partial charge in [-0.2, -0.15) is 0 Å². The molecule has 1 amide bonds. The third-order valence-corrected chi connectivity index (χ3v) is 2.90. The van der Waals surface area contributed by atoms with Crippen molar-refractivity contribution >= 4 is 5.91 Å². The first-order valence-corrected chi connectivity index (χ1v) is 6.02. The van der Waals surface area contributed by atoms with Crippen molar-refractivity contribution in [3.63, 3.8) is 0 Å². The van der Waals surface area contributed by atoms with Gasteiger partial charge < -0.3 is 10.2 Å². The highest BCUT2D eigenvalue weighted by atomic mass is 16.2. The van der Waals surface area contributed by atoms with E-state index in [0.29, 0.717) is 6.54 Å². The molecule has 0 aromatic rings. The van der Waals surface area contributed by atoms with Crippen molar-refractivity contribution in [1.29, 1.82) is 0 Å². The SMILES string of the molecule is C=CCCCN(C)C(=O)CN1CCNCC1. The predicted molar refractivity (Wildman–Crippen MR) is 66.4 cm³/mol. The van der Waals surface area contributed by atoms with Crippen LogP contribution in [0.1, 0.15) is 12.8 Å². The van der Waals surface area contributed by atoms with E-state index >= 15 is 0 Å². The molecule has 0 saturated carbocycles. The van der Waals surface area contributed by atoms with Gasteiger partial charge in [0.25, 0.3) is 0 Å². The van der Waals surface area contributed by atoms with E-state index in [4.69, 9.17) is 0 Å². The van der Waals surface area contributed by atoms with Crippen LogP contribution >= 0.6 is 0 Å². The second kappa shape index (κ2) is 7.41. The Bertz CT molecular complexity index is 224. The molecule has 1 aliphatic heterocycles. The maximum absolute atomic E-state index is 11.8. The third-order valence-electron chi connectivity index (χ3n) is 2.90. The number of hydrogen-bond donors (Lipinski definition) is 1. The van der Waals surface area contributed by atoms with Gasteiger partial charge in [0, 0.05) is 39.8 Å². The number of nitrogens with one attached hydrogen (secondary N) is 1. The molecule has 1 N–H and O–H groups in total. The molecule has 1 heterocycles. The van der Waals surface area contributed by atoms with Crippen LogP contribution in [0.2, 0.25) is 0 Å². The summed E-state index contributed by atoms with van der Waals surface area (Å²) in [5, 5.41) is 3.28. The van der Waals surface area contributed by atoms with E-state index in [0.717, 1.165) is 45.6 Å². The number of nitrogens with zero attached hydrogens (tertiary/aromatic N) is 2. The average molecular weight is 225 g/mol. The summed E-state index contributed by atoms with van der Waals surface area (Å²) < 4.78 is 0. The van der Waals surface area contributed by atoms with Crippen molar-refractivity contribution in [3.8, 4) is 0 Å². The number of likely N-dealkylation sites (N-methyl/N-ethyl adjacent to an activating group) is 1. The van der Waals surface area contributed by atoms with E-state index in [1.54, 1.807) is 0 Å². The molecule has 1 saturated heterocycles. The Morgan fingerprint density at radius 1 is 1.50 bits per heavy atom. The van der Waals surface area contributed by atoms with E-state index < -0.39 is 0 Å². The number of carbonyl (C=O) groups is 1. The largest absolute Gasteiger partial charge is 0.345 e. The highest BCUT2D eigenvalue weighted by Gasteiger charge is 2.15. The Hall–Kier alpha value is -0.870. The van der Waals surface area contributed by atoms with E-state index in [9.17, 15) is 4.79 Å². The lowest BCUT2D eigenvalue weighted by atomic mass is 10.3. The summed E-state index contributed by atoms with van der Waals surface area (Å²) in [5.41, 5.74) is 0. The Kier molecular flexibility index (Phi) is 6.11. The van der Waals surface area contributed by atoms with Gasteiger partial charge in [0.15, 0.2) is 0 Å². The highest BCUT2D eigenvalue weighted by Crippen LogP contribution is 1.97. The number of piperazine rings is 1. The van der Waals surface area contributed by atoms with Gasteiger partial charge in [0.1, 0.15) is 0 Å². The number of allylic oxidation sites excluding steroid dienone is 1. The van der Waals surface area contributed by atoms with Gasteiger partial charge in [-0.25, -0.2) is 0 Å². The van der Waals surface area contributed by atoms with Crippen molar-refractivity contribution in [3.05, 3.63) is 12.7 Å². The summed E-state index contributed by atoms with van der Waals surface area (Å²) in [4.78, 5) is 15.9. The molecular weight excluding hydrogens is 202 g/mol. The van der Waals surface area contributed by atoms with Crippen LogP contribution < -0.4 is 5.32 Å². The summed E-state index contributed by atoms with van der Waals surface area (Å²) >= 11 is 0. The predicted octanol–water partition coefficient (Wildman–Crippen LogP) is 0.316. The summed E-state index contributed by atoms with van der Waals surface area (Å²) in [6, 6.07) is 0. The van der Waals surface area contributed by atoms with Gasteiger partial charge in [-0.05, 0) is 12.8 Å². The molecule has 16 heavy (non-hydrogen) atoms. The number of rotatable bonds is 6. The Balaban J connectivity index is 2.19. The zero-order chi connectivity index (χ0) is 11.8. The molecule has 0 aliphatic carbocycles. The Morgan fingerprint density at radius 3 is 2.81 bits per heavy atom. The van der Waals surface area contributed by atoms with Crippen LogP contribution in [-0.2, 0) is 4.79 Å². The highest BCUT2D eigenvalue weighted by molar-refractivity contribution is 5.77. The Labute approximate surface area is 98.3 Å². The molecule has 1 fully saturated rings. The second-order valence-corrected chi connectivity index (χ2v) is 4.27. The van der Waals surface area contributed by atoms with Crippen molar-refractivity contribution in [2.24, 2.45) is 0 Å². The maximum atomic E-state index is 11.8. The maximum Gasteiger partial charge on any atom is 0.236 e. The molecule has 0 aromatic carbocycles. The normalized spacial score (nSPS) is 17.1. The molecule has 4 nitrogen and oxygen atoms in total. The van der Waals surface area contributed by atoms with Crippen LogP contribution in [0.3, 0.4) is 0 Å². The van der Waals surface area contributed by atoms with Crippen LogP contribution in [-0.4, -0.2) is 62.0 Å². The minimum Gasteiger partial charge on any atom is -0.345 e. The van der Waals surface area contributed by atoms with Gasteiger partial charge >= 0.3 is 0 Å². The summed E-state index contributed by atoms with van der Waals surface area (Å²) in [7, 11) is 1.88. The van der Waals surface area contributed by atoms with Gasteiger partial charge in [-0.3, -0.25) is 9.69 Å². The van der Waals surface area contributed by atoms with Gasteiger partial charge in [-0.15, -0.1) is 6.58 Å². The third kappa shape index (κ3) is 4.77. The molecular formula is C12H23N3O. The molecule has 1 rings (SSSR count). The molecule has 0 spiro atoms. The van der Waals surface area contributed by atoms with Crippen LogP contribution in [0.15, 0.2) is 12.7 Å². The topological polar surface area (TPSA) is 35.6 Å². The molecule has 0 atom stereocenters. The molecule has 0 aromatic heterocycles. The van der Waals surface area contributed by atoms with E-state index in [1.165, 1.54) is 0 Å². The first kappa shape index (κ1) is 13.2. The number of unbranched alkanes of at least 4 members (excludes halogenated alkanes) is 1. The van der Waals surface area contributed by atoms with Crippen LogP contribution in [0.4, 0.5) is 0 Å². The van der Waals surface area contributed by atoms with Gasteiger partial charge in [0.2, 0.25) is 5.91 Å². The lowest BCUT2D eigenvalue weighted by Gasteiger charge is -2.28. The molecule has 0 bridgehead atoms. The Morgan fingerprint density at radius 2 is 2.19 bits per heavy atom. The quantitative estimate of drug-likeness (QED) is 0.522. The van der Waals surface area contributed by atoms with Crippen molar-refractivity contribution < 1.29 is 4.79 Å². The minimum atomic E-state index is 0.228. The molecule has 92 valence electrons. The number of amides is 1. The molecule has 4 heteroatoms. The fourth-order valence-corrected chi connectivity index (χ4v) is 1.78. The molecule has 0 unspecified atom stereocenters. The van der Waals surface area contributed by atoms with Crippen LogP contribution in [0, 0.1) is 0 Å². The summed E-state index contributed by atoms with van der Waals surface area (Å²) in [6.45, 7) is 9.01. The van der Waals surface area contributed by atoms with Gasteiger partial charge in [-0.1, -0.05) is 6.08 Å². The number of hydrogen-bond acceptors (Lipinski definition) is 3. The fraction of sp³-hybridized carbons (Fsp3) is 0.750. The standard InChI is InChI=1S/C12H23N3O/c1-3-4-5-8-14(2)12(16)11-15-9-6-13-7-10-15/h3,13H,1,4-11H2,2H3. The van der Waals surface area contributed by atoms with Crippen molar-refractivity contribution in [1.82, 2.24) is 15.1 Å².